The molecule has 0 bridgehead atoms. The van der Waals surface area contributed by atoms with Crippen molar-refractivity contribution in [3.05, 3.63) is 48.2 Å². The van der Waals surface area contributed by atoms with E-state index in [0.29, 0.717) is 18.2 Å². The molecule has 0 saturated heterocycles. The molecule has 1 heterocycles. The number of benzene rings is 1. The average molecular weight is 298 g/mol. The Labute approximate surface area is 119 Å². The van der Waals surface area contributed by atoms with E-state index >= 15 is 0 Å². The fraction of sp³-hybridized carbons (Fsp3) is 0.214. The van der Waals surface area contributed by atoms with E-state index in [1.165, 1.54) is 24.3 Å². The molecule has 112 valence electrons. The fourth-order valence-corrected chi connectivity index (χ4v) is 1.61. The topological polar surface area (TPSA) is 43.4 Å². The van der Waals surface area contributed by atoms with Crippen LogP contribution in [0.4, 0.5) is 13.2 Å². The quantitative estimate of drug-likeness (QED) is 0.917. The molecular formula is C14H13F3N2O2. The van der Waals surface area contributed by atoms with Crippen LogP contribution in [0.1, 0.15) is 5.56 Å². The Bertz CT molecular complexity index is 568. The molecule has 0 aliphatic heterocycles. The van der Waals surface area contributed by atoms with Gasteiger partial charge >= 0.3 is 6.36 Å². The molecule has 0 atom stereocenters. The SMILES string of the molecule is CNCc1ccc(Oc2ccc(OC(F)(F)F)cc2)nc1. The minimum Gasteiger partial charge on any atom is -0.439 e. The van der Waals surface area contributed by atoms with Gasteiger partial charge in [-0.15, -0.1) is 13.2 Å². The number of hydrogen-bond acceptors (Lipinski definition) is 4. The summed E-state index contributed by atoms with van der Waals surface area (Å²) in [5.41, 5.74) is 0.999. The van der Waals surface area contributed by atoms with Gasteiger partial charge in [-0.3, -0.25) is 0 Å². The minimum absolute atomic E-state index is 0.299. The summed E-state index contributed by atoms with van der Waals surface area (Å²) in [6, 6.07) is 8.65. The van der Waals surface area contributed by atoms with Crippen LogP contribution in [0.3, 0.4) is 0 Å². The van der Waals surface area contributed by atoms with Crippen molar-refractivity contribution < 1.29 is 22.6 Å². The number of rotatable bonds is 5. The largest absolute Gasteiger partial charge is 0.573 e. The van der Waals surface area contributed by atoms with Gasteiger partial charge in [-0.05, 0) is 36.9 Å². The molecule has 0 radical (unpaired) electrons. The van der Waals surface area contributed by atoms with Crippen molar-refractivity contribution in [1.82, 2.24) is 10.3 Å². The minimum atomic E-state index is -4.70. The number of pyridine rings is 1. The third-order valence-electron chi connectivity index (χ3n) is 2.46. The molecule has 2 aromatic rings. The van der Waals surface area contributed by atoms with Crippen LogP contribution in [0.5, 0.6) is 17.4 Å². The van der Waals surface area contributed by atoms with Gasteiger partial charge in [-0.1, -0.05) is 6.07 Å². The van der Waals surface area contributed by atoms with E-state index < -0.39 is 6.36 Å². The molecule has 0 aliphatic carbocycles. The van der Waals surface area contributed by atoms with Gasteiger partial charge < -0.3 is 14.8 Å². The molecule has 1 aromatic heterocycles. The van der Waals surface area contributed by atoms with Crippen molar-refractivity contribution in [3.8, 4) is 17.4 Å². The van der Waals surface area contributed by atoms with Crippen LogP contribution in [0.2, 0.25) is 0 Å². The van der Waals surface area contributed by atoms with E-state index in [2.05, 4.69) is 15.0 Å². The smallest absolute Gasteiger partial charge is 0.439 e. The van der Waals surface area contributed by atoms with E-state index in [1.807, 2.05) is 13.1 Å². The lowest BCUT2D eigenvalue weighted by atomic mass is 10.3. The molecule has 4 nitrogen and oxygen atoms in total. The number of nitrogens with one attached hydrogen (secondary N) is 1. The Kier molecular flexibility index (Phi) is 4.64. The molecule has 21 heavy (non-hydrogen) atoms. The number of ether oxygens (including phenoxy) is 2. The number of aromatic nitrogens is 1. The van der Waals surface area contributed by atoms with Gasteiger partial charge in [0.1, 0.15) is 11.5 Å². The van der Waals surface area contributed by atoms with Crippen LogP contribution in [-0.2, 0) is 6.54 Å². The van der Waals surface area contributed by atoms with Crippen molar-refractivity contribution >= 4 is 0 Å². The van der Waals surface area contributed by atoms with Crippen LogP contribution >= 0.6 is 0 Å². The van der Waals surface area contributed by atoms with E-state index in [9.17, 15) is 13.2 Å². The highest BCUT2D eigenvalue weighted by Gasteiger charge is 2.30. The second kappa shape index (κ2) is 6.45. The van der Waals surface area contributed by atoms with Gasteiger partial charge in [0.2, 0.25) is 5.88 Å². The molecule has 2 rings (SSSR count). The second-order valence-corrected chi connectivity index (χ2v) is 4.16. The lowest BCUT2D eigenvalue weighted by Crippen LogP contribution is -2.16. The summed E-state index contributed by atoms with van der Waals surface area (Å²) < 4.78 is 45.3. The van der Waals surface area contributed by atoms with Crippen LogP contribution in [0.25, 0.3) is 0 Å². The molecule has 1 aromatic carbocycles. The van der Waals surface area contributed by atoms with E-state index in [1.54, 1.807) is 12.3 Å². The molecule has 0 unspecified atom stereocenters. The van der Waals surface area contributed by atoms with Crippen LogP contribution in [0.15, 0.2) is 42.6 Å². The van der Waals surface area contributed by atoms with Gasteiger partial charge in [0.25, 0.3) is 0 Å². The highest BCUT2D eigenvalue weighted by Crippen LogP contribution is 2.26. The third-order valence-corrected chi connectivity index (χ3v) is 2.46. The first-order chi connectivity index (χ1) is 9.96. The summed E-state index contributed by atoms with van der Waals surface area (Å²) in [6.07, 6.45) is -3.04. The molecule has 0 amide bonds. The van der Waals surface area contributed by atoms with Crippen LogP contribution in [0, 0.1) is 0 Å². The van der Waals surface area contributed by atoms with Crippen molar-refractivity contribution in [2.45, 2.75) is 12.9 Å². The number of hydrogen-bond donors (Lipinski definition) is 1. The Morgan fingerprint density at radius 3 is 2.24 bits per heavy atom. The number of nitrogens with zero attached hydrogens (tertiary/aromatic N) is 1. The van der Waals surface area contributed by atoms with Crippen LogP contribution < -0.4 is 14.8 Å². The molecular weight excluding hydrogens is 285 g/mol. The predicted octanol–water partition coefficient (Wildman–Crippen LogP) is 3.49. The second-order valence-electron chi connectivity index (χ2n) is 4.16. The predicted molar refractivity (Wildman–Crippen MR) is 70.2 cm³/mol. The Morgan fingerprint density at radius 2 is 1.71 bits per heavy atom. The fourth-order valence-electron chi connectivity index (χ4n) is 1.61. The van der Waals surface area contributed by atoms with E-state index in [-0.39, 0.29) is 5.75 Å². The molecule has 0 aliphatic rings. The maximum Gasteiger partial charge on any atom is 0.573 e. The molecule has 0 spiro atoms. The maximum absolute atomic E-state index is 12.0. The van der Waals surface area contributed by atoms with E-state index in [0.717, 1.165) is 5.56 Å². The molecule has 0 fully saturated rings. The zero-order valence-electron chi connectivity index (χ0n) is 11.1. The standard InChI is InChI=1S/C14H13F3N2O2/c1-18-8-10-2-7-13(19-9-10)20-11-3-5-12(6-4-11)21-14(15,16)17/h2-7,9,18H,8H2,1H3. The summed E-state index contributed by atoms with van der Waals surface area (Å²) in [7, 11) is 1.83. The number of alkyl halides is 3. The summed E-state index contributed by atoms with van der Waals surface area (Å²) >= 11 is 0. The van der Waals surface area contributed by atoms with Gasteiger partial charge in [0, 0.05) is 18.8 Å². The van der Waals surface area contributed by atoms with Crippen molar-refractivity contribution in [1.29, 1.82) is 0 Å². The Balaban J connectivity index is 1.99. The number of halogens is 3. The molecule has 0 saturated carbocycles. The molecule has 7 heteroatoms. The maximum atomic E-state index is 12.0. The first-order valence-corrected chi connectivity index (χ1v) is 6.09. The normalized spacial score (nSPS) is 11.2. The summed E-state index contributed by atoms with van der Waals surface area (Å²) in [5, 5.41) is 2.99. The average Bonchev–Trinajstić information content (AvgIpc) is 2.42. The Hall–Kier alpha value is -2.28. The van der Waals surface area contributed by atoms with E-state index in [4.69, 9.17) is 4.74 Å². The monoisotopic (exact) mass is 298 g/mol. The highest BCUT2D eigenvalue weighted by atomic mass is 19.4. The zero-order chi connectivity index (χ0) is 15.3. The van der Waals surface area contributed by atoms with Crippen molar-refractivity contribution in [3.63, 3.8) is 0 Å². The van der Waals surface area contributed by atoms with Gasteiger partial charge in [0.15, 0.2) is 0 Å². The summed E-state index contributed by atoms with van der Waals surface area (Å²) in [5.74, 6) is 0.435. The van der Waals surface area contributed by atoms with Crippen molar-refractivity contribution in [2.75, 3.05) is 7.05 Å². The van der Waals surface area contributed by atoms with Gasteiger partial charge in [-0.25, -0.2) is 4.98 Å². The Morgan fingerprint density at radius 1 is 1.05 bits per heavy atom. The van der Waals surface area contributed by atoms with Gasteiger partial charge in [-0.2, -0.15) is 0 Å². The third kappa shape index (κ3) is 4.96. The zero-order valence-corrected chi connectivity index (χ0v) is 11.1. The first-order valence-electron chi connectivity index (χ1n) is 6.09. The highest BCUT2D eigenvalue weighted by molar-refractivity contribution is 5.33. The first kappa shape index (κ1) is 15.1. The summed E-state index contributed by atoms with van der Waals surface area (Å²) in [4.78, 5) is 4.10. The van der Waals surface area contributed by atoms with Crippen LogP contribution in [-0.4, -0.2) is 18.4 Å². The molecule has 1 N–H and O–H groups in total. The lowest BCUT2D eigenvalue weighted by molar-refractivity contribution is -0.274. The summed E-state index contributed by atoms with van der Waals surface area (Å²) in [6.45, 7) is 0.691. The van der Waals surface area contributed by atoms with Gasteiger partial charge in [0.05, 0.1) is 0 Å². The van der Waals surface area contributed by atoms with Crippen molar-refractivity contribution in [2.24, 2.45) is 0 Å². The lowest BCUT2D eigenvalue weighted by Gasteiger charge is -2.09.